The number of anilines is 1. The Hall–Kier alpha value is -3.16. The predicted molar refractivity (Wildman–Crippen MR) is 131 cm³/mol. The van der Waals surface area contributed by atoms with Crippen molar-refractivity contribution in [2.75, 3.05) is 12.0 Å². The number of ether oxygens (including phenoxy) is 1. The van der Waals surface area contributed by atoms with Gasteiger partial charge in [-0.15, -0.1) is 0 Å². The maximum Gasteiger partial charge on any atom is 0.281 e. The number of amides is 1. The van der Waals surface area contributed by atoms with Crippen LogP contribution in [0.3, 0.4) is 0 Å². The van der Waals surface area contributed by atoms with E-state index < -0.39 is 0 Å². The van der Waals surface area contributed by atoms with Crippen LogP contribution in [-0.4, -0.2) is 27.9 Å². The fourth-order valence-corrected chi connectivity index (χ4v) is 4.16. The van der Waals surface area contributed by atoms with Crippen LogP contribution < -0.4 is 15.0 Å². The molecular formula is C24H23ClN4O2S. The van der Waals surface area contributed by atoms with E-state index in [1.165, 1.54) is 4.90 Å². The van der Waals surface area contributed by atoms with Crippen LogP contribution in [0.25, 0.3) is 6.08 Å². The number of thiocarbonyl (C=S) groups is 1. The van der Waals surface area contributed by atoms with Crippen molar-refractivity contribution in [3.8, 4) is 5.75 Å². The number of nitrogens with zero attached hydrogens (tertiary/aromatic N) is 3. The SMILES string of the molecule is COc1ccc(/C=C2/NC(=S)N(c3ccccc3C)C2=O)cc1Cn1nc(C)c(Cl)c1C. The molecule has 1 aliphatic heterocycles. The Kier molecular flexibility index (Phi) is 6.04. The lowest BCUT2D eigenvalue weighted by molar-refractivity contribution is -0.113. The molecule has 1 fully saturated rings. The Morgan fingerprint density at radius 3 is 2.59 bits per heavy atom. The molecule has 0 atom stereocenters. The molecule has 0 saturated carbocycles. The second-order valence-corrected chi connectivity index (χ2v) is 8.39. The van der Waals surface area contributed by atoms with Crippen LogP contribution in [0.15, 0.2) is 48.2 Å². The molecule has 0 spiro atoms. The molecule has 3 aromatic rings. The number of para-hydroxylation sites is 1. The predicted octanol–water partition coefficient (Wildman–Crippen LogP) is 4.78. The van der Waals surface area contributed by atoms with Crippen molar-refractivity contribution in [3.63, 3.8) is 0 Å². The van der Waals surface area contributed by atoms with Crippen LogP contribution >= 0.6 is 23.8 Å². The van der Waals surface area contributed by atoms with Crippen molar-refractivity contribution in [2.45, 2.75) is 27.3 Å². The van der Waals surface area contributed by atoms with Crippen LogP contribution in [0.2, 0.25) is 5.02 Å². The minimum atomic E-state index is -0.188. The number of halogens is 1. The van der Waals surface area contributed by atoms with E-state index in [-0.39, 0.29) is 5.91 Å². The third kappa shape index (κ3) is 4.01. The number of rotatable bonds is 5. The van der Waals surface area contributed by atoms with Gasteiger partial charge in [0.05, 0.1) is 35.8 Å². The highest BCUT2D eigenvalue weighted by Crippen LogP contribution is 2.28. The quantitative estimate of drug-likeness (QED) is 0.433. The summed E-state index contributed by atoms with van der Waals surface area (Å²) in [5.74, 6) is 0.547. The molecule has 1 aliphatic rings. The topological polar surface area (TPSA) is 59.4 Å². The largest absolute Gasteiger partial charge is 0.496 e. The van der Waals surface area contributed by atoms with Gasteiger partial charge in [0.25, 0.3) is 5.91 Å². The number of carbonyl (C=O) groups excluding carboxylic acids is 1. The first-order chi connectivity index (χ1) is 15.3. The van der Waals surface area contributed by atoms with Gasteiger partial charge in [-0.1, -0.05) is 35.9 Å². The molecule has 8 heteroatoms. The number of methoxy groups -OCH3 is 1. The maximum absolute atomic E-state index is 13.1. The van der Waals surface area contributed by atoms with E-state index in [1.54, 1.807) is 13.2 Å². The summed E-state index contributed by atoms with van der Waals surface area (Å²) in [4.78, 5) is 14.6. The molecule has 2 aromatic carbocycles. The zero-order valence-electron chi connectivity index (χ0n) is 18.3. The smallest absolute Gasteiger partial charge is 0.281 e. The van der Waals surface area contributed by atoms with Crippen LogP contribution in [-0.2, 0) is 11.3 Å². The van der Waals surface area contributed by atoms with Gasteiger partial charge in [0, 0.05) is 5.56 Å². The van der Waals surface area contributed by atoms with E-state index in [9.17, 15) is 4.79 Å². The Bertz CT molecular complexity index is 1260. The Morgan fingerprint density at radius 2 is 1.94 bits per heavy atom. The van der Waals surface area contributed by atoms with Gasteiger partial charge in [0.1, 0.15) is 11.4 Å². The average molecular weight is 467 g/mol. The number of benzene rings is 2. The van der Waals surface area contributed by atoms with Crippen molar-refractivity contribution in [1.29, 1.82) is 0 Å². The van der Waals surface area contributed by atoms with Gasteiger partial charge < -0.3 is 10.1 Å². The van der Waals surface area contributed by atoms with Gasteiger partial charge in [-0.25, -0.2) is 0 Å². The van der Waals surface area contributed by atoms with E-state index in [1.807, 2.05) is 67.9 Å². The van der Waals surface area contributed by atoms with Gasteiger partial charge >= 0.3 is 0 Å². The highest BCUT2D eigenvalue weighted by molar-refractivity contribution is 7.80. The lowest BCUT2D eigenvalue weighted by Gasteiger charge is -2.16. The number of nitrogens with one attached hydrogen (secondary N) is 1. The van der Waals surface area contributed by atoms with Crippen LogP contribution in [0.5, 0.6) is 5.75 Å². The number of aryl methyl sites for hydroxylation is 2. The fraction of sp³-hybridized carbons (Fsp3) is 0.208. The molecule has 1 aromatic heterocycles. The summed E-state index contributed by atoms with van der Waals surface area (Å²) in [7, 11) is 1.63. The Labute approximate surface area is 197 Å². The Morgan fingerprint density at radius 1 is 1.19 bits per heavy atom. The number of hydrogen-bond donors (Lipinski definition) is 1. The zero-order valence-corrected chi connectivity index (χ0v) is 19.8. The number of carbonyl (C=O) groups is 1. The normalized spacial score (nSPS) is 14.9. The van der Waals surface area contributed by atoms with Crippen LogP contribution in [0.4, 0.5) is 5.69 Å². The van der Waals surface area contributed by atoms with Crippen LogP contribution in [0, 0.1) is 20.8 Å². The molecule has 2 heterocycles. The molecule has 0 unspecified atom stereocenters. The summed E-state index contributed by atoms with van der Waals surface area (Å²) in [6, 6.07) is 13.4. The second-order valence-electron chi connectivity index (χ2n) is 7.63. The van der Waals surface area contributed by atoms with Gasteiger partial charge in [0.2, 0.25) is 0 Å². The monoisotopic (exact) mass is 466 g/mol. The third-order valence-electron chi connectivity index (χ3n) is 5.46. The lowest BCUT2D eigenvalue weighted by Crippen LogP contribution is -2.30. The summed E-state index contributed by atoms with van der Waals surface area (Å²) in [6.45, 7) is 6.26. The van der Waals surface area contributed by atoms with Gasteiger partial charge in [-0.3, -0.25) is 14.4 Å². The molecule has 164 valence electrons. The third-order valence-corrected chi connectivity index (χ3v) is 6.29. The second kappa shape index (κ2) is 8.76. The summed E-state index contributed by atoms with van der Waals surface area (Å²) >= 11 is 11.7. The van der Waals surface area contributed by atoms with Crippen LogP contribution in [0.1, 0.15) is 28.1 Å². The standard InChI is InChI=1S/C24H23ClN4O2S/c1-14-7-5-6-8-20(14)29-23(30)19(26-24(29)32)12-17-9-10-21(31-4)18(11-17)13-28-16(3)22(25)15(2)27-28/h5-12H,13H2,1-4H3,(H,26,32)/b19-12+. The summed E-state index contributed by atoms with van der Waals surface area (Å²) in [6.07, 6.45) is 1.80. The van der Waals surface area contributed by atoms with Crippen molar-refractivity contribution in [2.24, 2.45) is 0 Å². The van der Waals surface area contributed by atoms with Crippen molar-refractivity contribution < 1.29 is 9.53 Å². The molecule has 4 rings (SSSR count). The lowest BCUT2D eigenvalue weighted by atomic mass is 10.1. The minimum absolute atomic E-state index is 0.188. The summed E-state index contributed by atoms with van der Waals surface area (Å²) in [5.41, 5.74) is 5.61. The van der Waals surface area contributed by atoms with E-state index in [2.05, 4.69) is 10.4 Å². The number of hydrogen-bond acceptors (Lipinski definition) is 4. The molecule has 0 bridgehead atoms. The highest BCUT2D eigenvalue weighted by Gasteiger charge is 2.32. The first-order valence-electron chi connectivity index (χ1n) is 10.1. The first kappa shape index (κ1) is 22.0. The zero-order chi connectivity index (χ0) is 23.0. The summed E-state index contributed by atoms with van der Waals surface area (Å²) < 4.78 is 7.39. The summed E-state index contributed by atoms with van der Waals surface area (Å²) in [5, 5.41) is 8.58. The molecule has 6 nitrogen and oxygen atoms in total. The molecule has 1 amide bonds. The van der Waals surface area contributed by atoms with Crippen molar-refractivity contribution in [1.82, 2.24) is 15.1 Å². The van der Waals surface area contributed by atoms with E-state index in [0.717, 1.165) is 39.5 Å². The molecule has 0 aliphatic carbocycles. The van der Waals surface area contributed by atoms with E-state index in [4.69, 9.17) is 28.6 Å². The van der Waals surface area contributed by atoms with Crippen molar-refractivity contribution in [3.05, 3.63) is 81.3 Å². The Balaban J connectivity index is 1.66. The average Bonchev–Trinajstić information content (AvgIpc) is 3.18. The van der Waals surface area contributed by atoms with Gasteiger partial charge in [-0.05, 0) is 68.4 Å². The molecular weight excluding hydrogens is 444 g/mol. The molecule has 0 radical (unpaired) electrons. The van der Waals surface area contributed by atoms with Gasteiger partial charge in [-0.2, -0.15) is 5.10 Å². The molecule has 1 saturated heterocycles. The number of aromatic nitrogens is 2. The van der Waals surface area contributed by atoms with E-state index in [0.29, 0.717) is 22.4 Å². The molecule has 32 heavy (non-hydrogen) atoms. The fourth-order valence-electron chi connectivity index (χ4n) is 3.74. The maximum atomic E-state index is 13.1. The van der Waals surface area contributed by atoms with E-state index >= 15 is 0 Å². The van der Waals surface area contributed by atoms with Crippen molar-refractivity contribution >= 4 is 46.6 Å². The molecule has 1 N–H and O–H groups in total. The minimum Gasteiger partial charge on any atom is -0.496 e. The highest BCUT2D eigenvalue weighted by atomic mass is 35.5. The van der Waals surface area contributed by atoms with Gasteiger partial charge in [0.15, 0.2) is 5.11 Å². The first-order valence-corrected chi connectivity index (χ1v) is 10.9.